The second kappa shape index (κ2) is 33.2. The van der Waals surface area contributed by atoms with Crippen LogP contribution < -0.4 is 0 Å². The van der Waals surface area contributed by atoms with Crippen molar-refractivity contribution in [2.75, 3.05) is 41.0 Å². The minimum atomic E-state index is -0.875. The number of esters is 2. The summed E-state index contributed by atoms with van der Waals surface area (Å²) in [6.07, 6.45) is 32.4. The van der Waals surface area contributed by atoms with Crippen LogP contribution >= 0.6 is 0 Å². The molecule has 2 unspecified atom stereocenters. The van der Waals surface area contributed by atoms with Gasteiger partial charge in [0.25, 0.3) is 0 Å². The van der Waals surface area contributed by atoms with Gasteiger partial charge in [0.1, 0.15) is 6.61 Å². The van der Waals surface area contributed by atoms with Crippen LogP contribution in [0.25, 0.3) is 0 Å². The van der Waals surface area contributed by atoms with E-state index in [-0.39, 0.29) is 36.2 Å². The quantitative estimate of drug-likeness (QED) is 0.0301. The number of hydrogen-bond donors (Lipinski definition) is 1. The third kappa shape index (κ3) is 31.8. The molecule has 49 heavy (non-hydrogen) atoms. The number of carbonyl (C=O) groups excluding carboxylic acids is 2. The number of nitrogens with zero attached hydrogens (tertiary/aromatic N) is 1. The van der Waals surface area contributed by atoms with E-state index in [0.717, 1.165) is 51.4 Å². The highest BCUT2D eigenvalue weighted by atomic mass is 16.6. The number of unbranched alkanes of at least 4 members (excludes halogenated alkanes) is 20. The van der Waals surface area contributed by atoms with Gasteiger partial charge in [0.15, 0.2) is 12.1 Å². The second-order valence-electron chi connectivity index (χ2n) is 14.9. The van der Waals surface area contributed by atoms with Crippen molar-refractivity contribution in [2.45, 2.75) is 193 Å². The lowest BCUT2D eigenvalue weighted by molar-refractivity contribution is -0.887. The number of quaternary nitrogens is 1. The first kappa shape index (κ1) is 47.1. The second-order valence-corrected chi connectivity index (χ2v) is 14.9. The van der Waals surface area contributed by atoms with Gasteiger partial charge in [-0.15, -0.1) is 0 Å². The van der Waals surface area contributed by atoms with Crippen molar-refractivity contribution >= 4 is 17.9 Å². The standard InChI is InChI=1S/C41H77NO7/c1-6-8-10-12-14-16-18-20-22-23-25-27-29-31-39(43)48-36-37(35-47-34-33-38(41(45)46)42(3,4)5)49-40(44)32-30-28-26-24-21-19-17-15-13-11-9-7-2/h15,17,37-38H,6-14,16,18-36H2,1-5H3/p+1/b17-15+. The molecule has 0 aromatic rings. The van der Waals surface area contributed by atoms with Crippen molar-refractivity contribution in [1.82, 2.24) is 0 Å². The average molecular weight is 697 g/mol. The number of hydrogen-bond acceptors (Lipinski definition) is 6. The van der Waals surface area contributed by atoms with Gasteiger partial charge in [-0.05, 0) is 38.5 Å². The molecule has 0 aliphatic heterocycles. The van der Waals surface area contributed by atoms with E-state index in [1.807, 2.05) is 21.1 Å². The summed E-state index contributed by atoms with van der Waals surface area (Å²) in [5.74, 6) is -1.47. The maximum Gasteiger partial charge on any atom is 0.362 e. The van der Waals surface area contributed by atoms with Gasteiger partial charge in [0.05, 0.1) is 34.4 Å². The molecule has 0 aliphatic carbocycles. The Morgan fingerprint density at radius 2 is 1.02 bits per heavy atom. The van der Waals surface area contributed by atoms with Crippen molar-refractivity contribution < 1.29 is 38.2 Å². The lowest BCUT2D eigenvalue weighted by Gasteiger charge is -2.31. The van der Waals surface area contributed by atoms with Gasteiger partial charge in [0.2, 0.25) is 0 Å². The number of carboxylic acid groups (broad SMARTS) is 1. The molecule has 1 N–H and O–H groups in total. The largest absolute Gasteiger partial charge is 0.477 e. The van der Waals surface area contributed by atoms with Crippen LogP contribution in [-0.4, -0.2) is 80.6 Å². The summed E-state index contributed by atoms with van der Waals surface area (Å²) < 4.78 is 17.2. The highest BCUT2D eigenvalue weighted by molar-refractivity contribution is 5.72. The zero-order valence-electron chi connectivity index (χ0n) is 32.7. The normalized spacial score (nSPS) is 13.1. The van der Waals surface area contributed by atoms with Crippen LogP contribution in [-0.2, 0) is 28.6 Å². The molecule has 0 saturated heterocycles. The van der Waals surface area contributed by atoms with E-state index >= 15 is 0 Å². The van der Waals surface area contributed by atoms with Gasteiger partial charge in [-0.2, -0.15) is 0 Å². The summed E-state index contributed by atoms with van der Waals surface area (Å²) in [7, 11) is 5.52. The average Bonchev–Trinajstić information content (AvgIpc) is 3.05. The molecule has 0 aromatic carbocycles. The third-order valence-corrected chi connectivity index (χ3v) is 9.16. The molecule has 0 saturated carbocycles. The third-order valence-electron chi connectivity index (χ3n) is 9.16. The summed E-state index contributed by atoms with van der Waals surface area (Å²) in [6, 6.07) is -0.610. The minimum absolute atomic E-state index is 0.0489. The summed E-state index contributed by atoms with van der Waals surface area (Å²) >= 11 is 0. The molecule has 0 bridgehead atoms. The number of carboxylic acids is 1. The fraction of sp³-hybridized carbons (Fsp3) is 0.878. The van der Waals surface area contributed by atoms with Crippen molar-refractivity contribution in [1.29, 1.82) is 0 Å². The number of likely N-dealkylation sites (N-methyl/N-ethyl adjacent to an activating group) is 1. The van der Waals surface area contributed by atoms with E-state index in [2.05, 4.69) is 26.0 Å². The number of allylic oxidation sites excluding steroid dienone is 2. The van der Waals surface area contributed by atoms with Crippen LogP contribution in [0.5, 0.6) is 0 Å². The first-order valence-corrected chi connectivity index (χ1v) is 20.2. The molecule has 0 aromatic heterocycles. The van der Waals surface area contributed by atoms with Gasteiger partial charge in [-0.1, -0.05) is 135 Å². The van der Waals surface area contributed by atoms with Crippen LogP contribution in [0.15, 0.2) is 12.2 Å². The molecular formula is C41H78NO7+. The van der Waals surface area contributed by atoms with Crippen LogP contribution in [0.2, 0.25) is 0 Å². The summed E-state index contributed by atoms with van der Waals surface area (Å²) in [5, 5.41) is 9.58. The Hall–Kier alpha value is -1.93. The van der Waals surface area contributed by atoms with Gasteiger partial charge >= 0.3 is 17.9 Å². The lowest BCUT2D eigenvalue weighted by Crippen LogP contribution is -2.50. The van der Waals surface area contributed by atoms with Gasteiger partial charge in [0, 0.05) is 19.3 Å². The highest BCUT2D eigenvalue weighted by Crippen LogP contribution is 2.14. The van der Waals surface area contributed by atoms with Crippen LogP contribution in [0, 0.1) is 0 Å². The number of ether oxygens (including phenoxy) is 3. The van der Waals surface area contributed by atoms with E-state index in [4.69, 9.17) is 14.2 Å². The van der Waals surface area contributed by atoms with E-state index in [0.29, 0.717) is 19.3 Å². The van der Waals surface area contributed by atoms with E-state index in [9.17, 15) is 19.5 Å². The molecule has 0 fully saturated rings. The van der Waals surface area contributed by atoms with Gasteiger partial charge in [-0.3, -0.25) is 9.59 Å². The Morgan fingerprint density at radius 3 is 1.51 bits per heavy atom. The predicted molar refractivity (Wildman–Crippen MR) is 202 cm³/mol. The zero-order valence-corrected chi connectivity index (χ0v) is 32.7. The Morgan fingerprint density at radius 1 is 0.592 bits per heavy atom. The first-order chi connectivity index (χ1) is 23.6. The van der Waals surface area contributed by atoms with Gasteiger partial charge < -0.3 is 23.8 Å². The monoisotopic (exact) mass is 697 g/mol. The Bertz CT molecular complexity index is 823. The molecule has 0 heterocycles. The van der Waals surface area contributed by atoms with Crippen molar-refractivity contribution in [3.05, 3.63) is 12.2 Å². The van der Waals surface area contributed by atoms with Gasteiger partial charge in [-0.25, -0.2) is 4.79 Å². The van der Waals surface area contributed by atoms with E-state index < -0.39 is 18.1 Å². The van der Waals surface area contributed by atoms with Crippen molar-refractivity contribution in [3.8, 4) is 0 Å². The molecule has 0 radical (unpaired) electrons. The molecule has 8 nitrogen and oxygen atoms in total. The molecule has 0 aliphatic rings. The summed E-state index contributed by atoms with van der Waals surface area (Å²) in [4.78, 5) is 36.8. The Labute approximate surface area is 301 Å². The predicted octanol–water partition coefficient (Wildman–Crippen LogP) is 10.4. The molecule has 0 rings (SSSR count). The van der Waals surface area contributed by atoms with Crippen LogP contribution in [0.4, 0.5) is 0 Å². The van der Waals surface area contributed by atoms with Crippen LogP contribution in [0.3, 0.4) is 0 Å². The minimum Gasteiger partial charge on any atom is -0.477 e. The van der Waals surface area contributed by atoms with E-state index in [1.165, 1.54) is 96.3 Å². The maximum absolute atomic E-state index is 12.6. The highest BCUT2D eigenvalue weighted by Gasteiger charge is 2.31. The van der Waals surface area contributed by atoms with Crippen molar-refractivity contribution in [3.63, 3.8) is 0 Å². The lowest BCUT2D eigenvalue weighted by atomic mass is 10.0. The van der Waals surface area contributed by atoms with Crippen LogP contribution in [0.1, 0.15) is 181 Å². The smallest absolute Gasteiger partial charge is 0.362 e. The molecule has 0 spiro atoms. The molecular weight excluding hydrogens is 618 g/mol. The maximum atomic E-state index is 12.6. The Kier molecular flexibility index (Phi) is 31.9. The molecule has 0 amide bonds. The number of carbonyl (C=O) groups is 3. The number of rotatable bonds is 36. The molecule has 2 atom stereocenters. The SMILES string of the molecule is CCCCC/C=C/CCCCCCCC(=O)OC(COCCC(C(=O)O)[N+](C)(C)C)COC(=O)CCCCCCCCCCCCCCC. The first-order valence-electron chi connectivity index (χ1n) is 20.2. The summed E-state index contributed by atoms with van der Waals surface area (Å²) in [6.45, 7) is 4.71. The zero-order chi connectivity index (χ0) is 36.4. The topological polar surface area (TPSA) is 99.1 Å². The van der Waals surface area contributed by atoms with Crippen molar-refractivity contribution in [2.24, 2.45) is 0 Å². The van der Waals surface area contributed by atoms with E-state index in [1.54, 1.807) is 0 Å². The Balaban J connectivity index is 4.39. The summed E-state index contributed by atoms with van der Waals surface area (Å²) in [5.41, 5.74) is 0. The number of aliphatic carboxylic acids is 1. The molecule has 288 valence electrons. The fourth-order valence-electron chi connectivity index (χ4n) is 5.97. The fourth-order valence-corrected chi connectivity index (χ4v) is 5.97. The molecule has 8 heteroatoms.